The van der Waals surface area contributed by atoms with E-state index in [2.05, 4.69) is 0 Å². The van der Waals surface area contributed by atoms with Crippen LogP contribution in [0, 0.1) is 0 Å². The molecule has 8 heteroatoms. The van der Waals surface area contributed by atoms with Crippen LogP contribution in [0.15, 0.2) is 35.9 Å². The third kappa shape index (κ3) is 6.64. The molecule has 3 aliphatic heterocycles. The SMILES string of the molecule is COc1ccc(CN2C(=O)SCC2[C@@]2(OC)C[C@H]3C[C@@H](CCCCCCCC(C)=CC(=O)O3)O2)cc1. The van der Waals surface area contributed by atoms with Gasteiger partial charge in [-0.15, -0.1) is 0 Å². The van der Waals surface area contributed by atoms with Gasteiger partial charge in [-0.25, -0.2) is 4.79 Å². The normalized spacial score (nSPS) is 30.4. The molecule has 0 N–H and O–H groups in total. The number of hydrogen-bond donors (Lipinski definition) is 0. The maximum atomic E-state index is 13.0. The minimum atomic E-state index is -1.03. The van der Waals surface area contributed by atoms with Crippen LogP contribution in [0.4, 0.5) is 4.79 Å². The van der Waals surface area contributed by atoms with Crippen LogP contribution in [0.25, 0.3) is 0 Å². The van der Waals surface area contributed by atoms with Crippen LogP contribution in [-0.2, 0) is 25.5 Å². The summed E-state index contributed by atoms with van der Waals surface area (Å²) in [5.74, 6) is 0.00916. The Morgan fingerprint density at radius 3 is 2.56 bits per heavy atom. The number of nitrogens with zero attached hydrogens (tertiary/aromatic N) is 1. The molecule has 36 heavy (non-hydrogen) atoms. The van der Waals surface area contributed by atoms with Gasteiger partial charge in [-0.05, 0) is 43.9 Å². The van der Waals surface area contributed by atoms with Gasteiger partial charge in [-0.1, -0.05) is 55.2 Å². The van der Waals surface area contributed by atoms with Gasteiger partial charge in [0.25, 0.3) is 5.24 Å². The highest BCUT2D eigenvalue weighted by molar-refractivity contribution is 8.13. The van der Waals surface area contributed by atoms with Crippen LogP contribution in [-0.4, -0.2) is 60.1 Å². The lowest BCUT2D eigenvalue weighted by molar-refractivity contribution is -0.305. The monoisotopic (exact) mass is 517 g/mol. The van der Waals surface area contributed by atoms with Crippen LogP contribution >= 0.6 is 11.8 Å². The third-order valence-electron chi connectivity index (χ3n) is 7.49. The zero-order valence-electron chi connectivity index (χ0n) is 21.7. The Bertz CT molecular complexity index is 934. The van der Waals surface area contributed by atoms with Gasteiger partial charge in [0.2, 0.25) is 0 Å². The lowest BCUT2D eigenvalue weighted by Gasteiger charge is -2.48. The standard InChI is InChI=1S/C28H39NO6S/c1-20-9-7-5-4-6-8-10-23-16-24(34-26(30)15-20)17-28(33-3,35-23)25-19-36-27(31)29(25)18-21-11-13-22(32-2)14-12-21/h11-15,23-25H,4-10,16-19H2,1-3H3/t23-,24-,25?,28-/m1/s1. The van der Waals surface area contributed by atoms with E-state index >= 15 is 0 Å². The number of esters is 1. The third-order valence-corrected chi connectivity index (χ3v) is 8.45. The van der Waals surface area contributed by atoms with Crippen molar-refractivity contribution >= 4 is 23.0 Å². The molecule has 0 saturated carbocycles. The number of rotatable bonds is 5. The number of thioether (sulfide) groups is 1. The van der Waals surface area contributed by atoms with E-state index < -0.39 is 5.79 Å². The molecule has 0 aliphatic carbocycles. The van der Waals surface area contributed by atoms with Crippen molar-refractivity contribution in [1.82, 2.24) is 4.90 Å². The molecule has 0 radical (unpaired) electrons. The quantitative estimate of drug-likeness (QED) is 0.453. The molecular formula is C28H39NO6S. The van der Waals surface area contributed by atoms with Gasteiger partial charge in [0, 0.05) is 38.3 Å². The van der Waals surface area contributed by atoms with E-state index in [0.29, 0.717) is 25.1 Å². The highest BCUT2D eigenvalue weighted by atomic mass is 32.2. The second-order valence-corrected chi connectivity index (χ2v) is 11.1. The summed E-state index contributed by atoms with van der Waals surface area (Å²) in [6, 6.07) is 7.45. The summed E-state index contributed by atoms with van der Waals surface area (Å²) >= 11 is 1.29. The van der Waals surface area contributed by atoms with E-state index in [1.807, 2.05) is 36.1 Å². The van der Waals surface area contributed by atoms with Crippen LogP contribution in [0.2, 0.25) is 0 Å². The van der Waals surface area contributed by atoms with Gasteiger partial charge in [0.05, 0.1) is 19.3 Å². The molecule has 1 aromatic rings. The van der Waals surface area contributed by atoms with Crippen LogP contribution < -0.4 is 4.74 Å². The summed E-state index contributed by atoms with van der Waals surface area (Å²) < 4.78 is 24.0. The first-order valence-corrected chi connectivity index (χ1v) is 14.1. The van der Waals surface area contributed by atoms with Gasteiger partial charge >= 0.3 is 5.97 Å². The lowest BCUT2D eigenvalue weighted by atomic mass is 9.90. The maximum Gasteiger partial charge on any atom is 0.330 e. The summed E-state index contributed by atoms with van der Waals surface area (Å²) in [6.45, 7) is 2.45. The number of benzene rings is 1. The molecule has 3 aliphatic rings. The van der Waals surface area contributed by atoms with E-state index in [0.717, 1.165) is 55.4 Å². The molecule has 4 rings (SSSR count). The van der Waals surface area contributed by atoms with Crippen LogP contribution in [0.1, 0.15) is 70.3 Å². The second-order valence-electron chi connectivity index (χ2n) is 10.1. The van der Waals surface area contributed by atoms with E-state index in [-0.39, 0.29) is 29.5 Å². The molecule has 198 valence electrons. The first kappa shape index (κ1) is 27.0. The highest BCUT2D eigenvalue weighted by Gasteiger charge is 2.54. The molecule has 2 fully saturated rings. The second kappa shape index (κ2) is 12.5. The summed E-state index contributed by atoms with van der Waals surface area (Å²) in [4.78, 5) is 27.6. The number of methoxy groups -OCH3 is 2. The molecule has 0 aromatic heterocycles. The Hall–Kier alpha value is -2.03. The van der Waals surface area contributed by atoms with Gasteiger partial charge in [-0.2, -0.15) is 0 Å². The van der Waals surface area contributed by atoms with Crippen molar-refractivity contribution in [1.29, 1.82) is 0 Å². The topological polar surface area (TPSA) is 74.3 Å². The molecule has 1 aromatic carbocycles. The zero-order chi connectivity index (χ0) is 25.5. The summed E-state index contributed by atoms with van der Waals surface area (Å²) in [5, 5.41) is 0.00668. The number of allylic oxidation sites excluding steroid dienone is 1. The Balaban J connectivity index is 1.57. The Morgan fingerprint density at radius 2 is 1.81 bits per heavy atom. The number of fused-ring (bicyclic) bond motifs is 2. The van der Waals surface area contributed by atoms with Crippen LogP contribution in [0.3, 0.4) is 0 Å². The molecular weight excluding hydrogens is 478 g/mol. The van der Waals surface area contributed by atoms with Crippen molar-refractivity contribution in [3.63, 3.8) is 0 Å². The van der Waals surface area contributed by atoms with Gasteiger partial charge < -0.3 is 23.8 Å². The number of carbonyl (C=O) groups excluding carboxylic acids is 2. The van der Waals surface area contributed by atoms with Crippen molar-refractivity contribution in [2.75, 3.05) is 20.0 Å². The number of amides is 1. The lowest BCUT2D eigenvalue weighted by Crippen LogP contribution is -2.60. The predicted octanol–water partition coefficient (Wildman–Crippen LogP) is 5.86. The van der Waals surface area contributed by atoms with Gasteiger partial charge in [0.1, 0.15) is 11.9 Å². The van der Waals surface area contributed by atoms with Crippen LogP contribution in [0.5, 0.6) is 5.75 Å². The van der Waals surface area contributed by atoms with Gasteiger partial charge in [0.15, 0.2) is 5.79 Å². The summed E-state index contributed by atoms with van der Waals surface area (Å²) in [5.41, 5.74) is 2.07. The Labute approximate surface area is 218 Å². The predicted molar refractivity (Wildman–Crippen MR) is 140 cm³/mol. The molecule has 2 saturated heterocycles. The van der Waals surface area contributed by atoms with Crippen molar-refractivity contribution in [3.8, 4) is 5.75 Å². The summed E-state index contributed by atoms with van der Waals surface area (Å²) in [7, 11) is 3.28. The number of carbonyl (C=O) groups is 2. The van der Waals surface area contributed by atoms with E-state index in [1.54, 1.807) is 20.3 Å². The molecule has 3 heterocycles. The molecule has 2 bridgehead atoms. The van der Waals surface area contributed by atoms with Gasteiger partial charge in [-0.3, -0.25) is 4.79 Å². The molecule has 1 amide bonds. The van der Waals surface area contributed by atoms with E-state index in [9.17, 15) is 9.59 Å². The fourth-order valence-electron chi connectivity index (χ4n) is 5.52. The smallest absolute Gasteiger partial charge is 0.330 e. The van der Waals surface area contributed by atoms with Crippen molar-refractivity contribution in [2.24, 2.45) is 0 Å². The first-order chi connectivity index (χ1) is 17.4. The Morgan fingerprint density at radius 1 is 1.06 bits per heavy atom. The highest BCUT2D eigenvalue weighted by Crippen LogP contribution is 2.43. The number of hydrogen-bond acceptors (Lipinski definition) is 7. The maximum absolute atomic E-state index is 13.0. The van der Waals surface area contributed by atoms with Crippen molar-refractivity contribution in [3.05, 3.63) is 41.5 Å². The minimum Gasteiger partial charge on any atom is -0.497 e. The molecule has 1 unspecified atom stereocenters. The average molecular weight is 518 g/mol. The number of ether oxygens (including phenoxy) is 4. The molecule has 0 spiro atoms. The molecule has 4 atom stereocenters. The zero-order valence-corrected chi connectivity index (χ0v) is 22.5. The van der Waals surface area contributed by atoms with E-state index in [4.69, 9.17) is 18.9 Å². The minimum absolute atomic E-state index is 0.00668. The summed E-state index contributed by atoms with van der Waals surface area (Å²) in [6.07, 6.45) is 9.76. The molecule has 7 nitrogen and oxygen atoms in total. The van der Waals surface area contributed by atoms with E-state index in [1.165, 1.54) is 18.2 Å². The van der Waals surface area contributed by atoms with Crippen molar-refractivity contribution in [2.45, 2.75) is 95.3 Å². The first-order valence-electron chi connectivity index (χ1n) is 13.1. The Kier molecular flexibility index (Phi) is 9.36. The largest absolute Gasteiger partial charge is 0.497 e. The fraction of sp³-hybridized carbons (Fsp3) is 0.643. The fourth-order valence-corrected chi connectivity index (χ4v) is 6.61. The average Bonchev–Trinajstić information content (AvgIpc) is 3.23. The van der Waals surface area contributed by atoms with Crippen molar-refractivity contribution < 1.29 is 28.5 Å².